The van der Waals surface area contributed by atoms with Crippen LogP contribution in [-0.4, -0.2) is 26.2 Å². The Bertz CT molecular complexity index is 3130. The van der Waals surface area contributed by atoms with Gasteiger partial charge in [-0.3, -0.25) is 0 Å². The van der Waals surface area contributed by atoms with Crippen molar-refractivity contribution in [3.8, 4) is 56.4 Å². The minimum atomic E-state index is -0.535. The van der Waals surface area contributed by atoms with Crippen LogP contribution in [0.5, 0.6) is 23.0 Å². The van der Waals surface area contributed by atoms with Gasteiger partial charge in [0, 0.05) is 21.9 Å². The molecule has 6 heteroatoms. The maximum absolute atomic E-state index is 14.7. The van der Waals surface area contributed by atoms with E-state index in [1.807, 2.05) is 170 Å². The smallest absolute Gasteiger partial charge is 0.343 e. The van der Waals surface area contributed by atoms with Crippen molar-refractivity contribution in [1.82, 2.24) is 0 Å². The third kappa shape index (κ3) is 7.03. The van der Waals surface area contributed by atoms with Gasteiger partial charge in [-0.25, -0.2) is 9.59 Å². The summed E-state index contributed by atoms with van der Waals surface area (Å²) in [4.78, 5) is 29.4. The number of hydrogen-bond acceptors (Lipinski definition) is 6. The van der Waals surface area contributed by atoms with Gasteiger partial charge in [0.1, 0.15) is 23.0 Å². The number of esters is 2. The molecule has 0 bridgehead atoms. The molecular formula is C56H38O6. The molecule has 0 radical (unpaired) electrons. The molecule has 0 N–H and O–H groups in total. The average molecular weight is 807 g/mol. The molecule has 10 rings (SSSR count). The van der Waals surface area contributed by atoms with E-state index >= 15 is 0 Å². The molecular weight excluding hydrogens is 769 g/mol. The molecule has 0 aliphatic carbocycles. The lowest BCUT2D eigenvalue weighted by Gasteiger charge is -2.24. The minimum Gasteiger partial charge on any atom is -0.497 e. The van der Waals surface area contributed by atoms with Gasteiger partial charge in [-0.15, -0.1) is 0 Å². The van der Waals surface area contributed by atoms with Gasteiger partial charge in [-0.1, -0.05) is 133 Å². The monoisotopic (exact) mass is 806 g/mol. The highest BCUT2D eigenvalue weighted by atomic mass is 16.5. The predicted octanol–water partition coefficient (Wildman–Crippen LogP) is 13.8. The zero-order chi connectivity index (χ0) is 42.2. The summed E-state index contributed by atoms with van der Waals surface area (Å²) in [5.41, 5.74) is 5.33. The van der Waals surface area contributed by atoms with E-state index in [1.165, 1.54) is 0 Å². The van der Waals surface area contributed by atoms with Crippen LogP contribution in [0.1, 0.15) is 20.7 Å². The summed E-state index contributed by atoms with van der Waals surface area (Å²) < 4.78 is 24.4. The van der Waals surface area contributed by atoms with Crippen LogP contribution < -0.4 is 18.9 Å². The van der Waals surface area contributed by atoms with E-state index in [-0.39, 0.29) is 0 Å². The Balaban J connectivity index is 1.25. The van der Waals surface area contributed by atoms with E-state index in [0.29, 0.717) is 33.8 Å². The molecule has 0 aliphatic rings. The van der Waals surface area contributed by atoms with E-state index in [2.05, 4.69) is 12.1 Å². The number of ether oxygens (including phenoxy) is 4. The van der Waals surface area contributed by atoms with Gasteiger partial charge in [0.25, 0.3) is 0 Å². The summed E-state index contributed by atoms with van der Waals surface area (Å²) >= 11 is 0. The number of fused-ring (bicyclic) bond motifs is 4. The molecule has 0 unspecified atom stereocenters. The van der Waals surface area contributed by atoms with Crippen molar-refractivity contribution in [2.24, 2.45) is 0 Å². The lowest BCUT2D eigenvalue weighted by atomic mass is 9.84. The highest BCUT2D eigenvalue weighted by Gasteiger charge is 2.29. The predicted molar refractivity (Wildman–Crippen MR) is 249 cm³/mol. The van der Waals surface area contributed by atoms with Crippen LogP contribution in [0, 0.1) is 0 Å². The van der Waals surface area contributed by atoms with Gasteiger partial charge in [-0.2, -0.15) is 0 Å². The summed E-state index contributed by atoms with van der Waals surface area (Å²) in [5.74, 6) is 1.06. The van der Waals surface area contributed by atoms with E-state index in [9.17, 15) is 9.59 Å². The first-order chi connectivity index (χ1) is 30.4. The molecule has 10 aromatic rings. The first-order valence-corrected chi connectivity index (χ1v) is 20.3. The van der Waals surface area contributed by atoms with Crippen LogP contribution >= 0.6 is 0 Å². The molecule has 10 aromatic carbocycles. The Morgan fingerprint density at radius 2 is 0.726 bits per heavy atom. The Kier molecular flexibility index (Phi) is 9.87. The van der Waals surface area contributed by atoms with Gasteiger partial charge in [-0.05, 0) is 115 Å². The quantitative estimate of drug-likeness (QED) is 0.107. The van der Waals surface area contributed by atoms with Gasteiger partial charge in [0.15, 0.2) is 0 Å². The van der Waals surface area contributed by atoms with Crippen LogP contribution in [0.4, 0.5) is 0 Å². The number of benzene rings is 10. The van der Waals surface area contributed by atoms with Gasteiger partial charge in [0.2, 0.25) is 0 Å². The Labute approximate surface area is 358 Å². The van der Waals surface area contributed by atoms with Crippen LogP contribution in [0.2, 0.25) is 0 Å². The molecule has 0 aromatic heterocycles. The van der Waals surface area contributed by atoms with Crippen molar-refractivity contribution in [2.75, 3.05) is 14.2 Å². The fourth-order valence-electron chi connectivity index (χ4n) is 8.29. The van der Waals surface area contributed by atoms with E-state index < -0.39 is 11.9 Å². The molecule has 298 valence electrons. The number of carbonyl (C=O) groups is 2. The Morgan fingerprint density at radius 1 is 0.355 bits per heavy atom. The second-order valence-corrected chi connectivity index (χ2v) is 15.1. The summed E-state index contributed by atoms with van der Waals surface area (Å²) in [7, 11) is 3.26. The average Bonchev–Trinajstić information content (AvgIpc) is 3.33. The topological polar surface area (TPSA) is 71.1 Å². The van der Waals surface area contributed by atoms with E-state index in [4.69, 9.17) is 18.9 Å². The van der Waals surface area contributed by atoms with Crippen molar-refractivity contribution in [1.29, 1.82) is 0 Å². The SMILES string of the molecule is COc1ccc2cc(C(=O)Oc3c(-c4c(-c5ccccc5)cc5ccccc5c4OC(=O)c4ccc5cc(OC)ccc5c4)c(-c4ccccc4)cc4ccccc34)ccc2c1. The third-order valence-electron chi connectivity index (χ3n) is 11.4. The molecule has 0 heterocycles. The lowest BCUT2D eigenvalue weighted by Crippen LogP contribution is -2.12. The second kappa shape index (κ2) is 16.1. The second-order valence-electron chi connectivity index (χ2n) is 15.1. The van der Waals surface area contributed by atoms with Crippen LogP contribution in [0.15, 0.2) is 194 Å². The molecule has 0 atom stereocenters. The third-order valence-corrected chi connectivity index (χ3v) is 11.4. The normalized spacial score (nSPS) is 11.2. The standard InChI is InChI=1S/C56H38O6/c1-59-45-27-25-37-29-43(23-21-39(37)31-45)55(57)61-53-47-19-11-9-17-41(47)33-49(35-13-5-3-6-14-35)51(53)52-50(36-15-7-4-8-16-36)34-42-18-10-12-20-48(42)54(52)62-56(58)44-24-22-40-32-46(60-2)28-26-38(40)30-44/h3-34H,1-2H3. The Hall–Kier alpha value is -8.22. The summed E-state index contributed by atoms with van der Waals surface area (Å²) in [5, 5.41) is 6.77. The largest absolute Gasteiger partial charge is 0.497 e. The molecule has 0 spiro atoms. The van der Waals surface area contributed by atoms with Crippen LogP contribution in [0.3, 0.4) is 0 Å². The van der Waals surface area contributed by atoms with Gasteiger partial charge >= 0.3 is 11.9 Å². The van der Waals surface area contributed by atoms with Crippen molar-refractivity contribution in [3.63, 3.8) is 0 Å². The minimum absolute atomic E-state index is 0.339. The zero-order valence-electron chi connectivity index (χ0n) is 33.9. The maximum Gasteiger partial charge on any atom is 0.343 e. The molecule has 0 saturated carbocycles. The highest BCUT2D eigenvalue weighted by Crippen LogP contribution is 2.53. The van der Waals surface area contributed by atoms with E-state index in [0.717, 1.165) is 76.8 Å². The molecule has 62 heavy (non-hydrogen) atoms. The first kappa shape index (κ1) is 38.0. The van der Waals surface area contributed by atoms with Crippen molar-refractivity contribution >= 4 is 55.0 Å². The number of rotatable bonds is 9. The zero-order valence-corrected chi connectivity index (χ0v) is 33.9. The fourth-order valence-corrected chi connectivity index (χ4v) is 8.29. The molecule has 0 fully saturated rings. The number of methoxy groups -OCH3 is 2. The first-order valence-electron chi connectivity index (χ1n) is 20.3. The highest BCUT2D eigenvalue weighted by molar-refractivity contribution is 6.13. The number of carbonyl (C=O) groups excluding carboxylic acids is 2. The van der Waals surface area contributed by atoms with E-state index in [1.54, 1.807) is 26.4 Å². The molecule has 0 saturated heterocycles. The molecule has 6 nitrogen and oxygen atoms in total. The van der Waals surface area contributed by atoms with Crippen molar-refractivity contribution in [2.45, 2.75) is 0 Å². The van der Waals surface area contributed by atoms with Crippen molar-refractivity contribution in [3.05, 3.63) is 205 Å². The summed E-state index contributed by atoms with van der Waals surface area (Å²) in [6, 6.07) is 62.5. The van der Waals surface area contributed by atoms with Crippen molar-refractivity contribution < 1.29 is 28.5 Å². The van der Waals surface area contributed by atoms with Gasteiger partial charge in [0.05, 0.1) is 25.3 Å². The Morgan fingerprint density at radius 3 is 1.15 bits per heavy atom. The molecule has 0 amide bonds. The maximum atomic E-state index is 14.7. The van der Waals surface area contributed by atoms with Gasteiger partial charge < -0.3 is 18.9 Å². The molecule has 0 aliphatic heterocycles. The number of hydrogen-bond donors (Lipinski definition) is 0. The van der Waals surface area contributed by atoms with Crippen LogP contribution in [0.25, 0.3) is 76.5 Å². The fraction of sp³-hybridized carbons (Fsp3) is 0.0357. The van der Waals surface area contributed by atoms with Crippen LogP contribution in [-0.2, 0) is 0 Å². The summed E-state index contributed by atoms with van der Waals surface area (Å²) in [6.45, 7) is 0. The lowest BCUT2D eigenvalue weighted by molar-refractivity contribution is 0.0726. The summed E-state index contributed by atoms with van der Waals surface area (Å²) in [6.07, 6.45) is 0.